The molecule has 8 nitrogen and oxygen atoms in total. The molecule has 1 aromatic heterocycles. The molecule has 0 radical (unpaired) electrons. The average molecular weight is 492 g/mol. The van der Waals surface area contributed by atoms with E-state index in [1.165, 1.54) is 22.5 Å². The van der Waals surface area contributed by atoms with Crippen LogP contribution in [-0.2, 0) is 16.1 Å². The molecule has 2 aromatic carbocycles. The van der Waals surface area contributed by atoms with E-state index < -0.39 is 18.0 Å². The van der Waals surface area contributed by atoms with Gasteiger partial charge in [0.1, 0.15) is 17.3 Å². The van der Waals surface area contributed by atoms with Gasteiger partial charge in [-0.3, -0.25) is 9.59 Å². The van der Waals surface area contributed by atoms with Gasteiger partial charge in [0.25, 0.3) is 5.91 Å². The van der Waals surface area contributed by atoms with Gasteiger partial charge in [0.15, 0.2) is 0 Å². The van der Waals surface area contributed by atoms with Crippen molar-refractivity contribution < 1.29 is 24.2 Å². The number of aromatic nitrogens is 1. The molecule has 0 saturated carbocycles. The number of ether oxygens (including phenoxy) is 1. The fourth-order valence-corrected chi connectivity index (χ4v) is 5.49. The van der Waals surface area contributed by atoms with Gasteiger partial charge in [0, 0.05) is 24.4 Å². The molecule has 1 aliphatic heterocycles. The normalized spacial score (nSPS) is 15.4. The average Bonchev–Trinajstić information content (AvgIpc) is 3.49. The van der Waals surface area contributed by atoms with E-state index in [2.05, 4.69) is 34.6 Å². The number of thiazole rings is 1. The number of alkyl carbamates (subject to hydrolysis) is 1. The zero-order valence-electron chi connectivity index (χ0n) is 19.0. The number of carboxylic acid groups (broad SMARTS) is 1. The molecular weight excluding hydrogens is 466 g/mol. The van der Waals surface area contributed by atoms with Gasteiger partial charge in [0.05, 0.1) is 12.5 Å². The van der Waals surface area contributed by atoms with Gasteiger partial charge in [0.2, 0.25) is 0 Å². The Labute approximate surface area is 206 Å². The number of likely N-dealkylation sites (tertiary alicyclic amines) is 1. The minimum Gasteiger partial charge on any atom is -0.481 e. The Hall–Kier alpha value is -3.72. The molecule has 0 bridgehead atoms. The van der Waals surface area contributed by atoms with Crippen molar-refractivity contribution in [3.63, 3.8) is 0 Å². The molecule has 0 unspecified atom stereocenters. The Morgan fingerprint density at radius 2 is 1.66 bits per heavy atom. The number of carbonyl (C=O) groups excluding carboxylic acids is 2. The number of aliphatic carboxylic acids is 1. The molecule has 3 aromatic rings. The van der Waals surface area contributed by atoms with Crippen molar-refractivity contribution in [3.8, 4) is 11.1 Å². The highest BCUT2D eigenvalue weighted by Gasteiger charge is 2.30. The van der Waals surface area contributed by atoms with E-state index in [0.29, 0.717) is 36.6 Å². The number of nitrogens with zero attached hydrogens (tertiary/aromatic N) is 2. The van der Waals surface area contributed by atoms with Gasteiger partial charge in [-0.25, -0.2) is 9.78 Å². The molecule has 2 N–H and O–H groups in total. The number of amides is 2. The summed E-state index contributed by atoms with van der Waals surface area (Å²) < 4.78 is 5.54. The number of carboxylic acids is 1. The Balaban J connectivity index is 1.13. The first kappa shape index (κ1) is 23.0. The molecule has 1 fully saturated rings. The smallest absolute Gasteiger partial charge is 0.407 e. The first-order chi connectivity index (χ1) is 17.0. The highest BCUT2D eigenvalue weighted by atomic mass is 32.1. The lowest BCUT2D eigenvalue weighted by molar-refractivity contribution is -0.143. The summed E-state index contributed by atoms with van der Waals surface area (Å²) in [7, 11) is 0. The maximum atomic E-state index is 12.7. The SMILES string of the molecule is O=C(NCc1nc(C(=O)N2CCC(C(=O)O)CC2)cs1)OCC1c2ccccc2-c2ccccc21. The second-order valence-corrected chi connectivity index (χ2v) is 9.65. The predicted octanol–water partition coefficient (Wildman–Crippen LogP) is 4.12. The molecule has 2 heterocycles. The van der Waals surface area contributed by atoms with E-state index in [0.717, 1.165) is 11.1 Å². The second kappa shape index (κ2) is 9.87. The van der Waals surface area contributed by atoms with Crippen molar-refractivity contribution in [1.29, 1.82) is 0 Å². The Bertz CT molecular complexity index is 1220. The topological polar surface area (TPSA) is 109 Å². The van der Waals surface area contributed by atoms with Crippen LogP contribution in [0.15, 0.2) is 53.9 Å². The van der Waals surface area contributed by atoms with Gasteiger partial charge < -0.3 is 20.1 Å². The summed E-state index contributed by atoms with van der Waals surface area (Å²) in [4.78, 5) is 42.2. The zero-order valence-corrected chi connectivity index (χ0v) is 19.8. The van der Waals surface area contributed by atoms with Crippen LogP contribution in [-0.4, -0.2) is 52.7 Å². The van der Waals surface area contributed by atoms with Crippen molar-refractivity contribution in [2.45, 2.75) is 25.3 Å². The highest BCUT2D eigenvalue weighted by molar-refractivity contribution is 7.09. The van der Waals surface area contributed by atoms with Gasteiger partial charge in [-0.05, 0) is 35.1 Å². The van der Waals surface area contributed by atoms with Crippen molar-refractivity contribution in [1.82, 2.24) is 15.2 Å². The summed E-state index contributed by atoms with van der Waals surface area (Å²) in [5.41, 5.74) is 4.95. The number of fused-ring (bicyclic) bond motifs is 3. The number of piperidine rings is 1. The van der Waals surface area contributed by atoms with E-state index in [9.17, 15) is 14.4 Å². The predicted molar refractivity (Wildman–Crippen MR) is 130 cm³/mol. The number of rotatable bonds is 6. The zero-order chi connectivity index (χ0) is 24.4. The largest absolute Gasteiger partial charge is 0.481 e. The summed E-state index contributed by atoms with van der Waals surface area (Å²) in [6.07, 6.45) is 0.355. The van der Waals surface area contributed by atoms with Crippen LogP contribution in [0.1, 0.15) is 45.4 Å². The number of hydrogen-bond donors (Lipinski definition) is 2. The van der Waals surface area contributed by atoms with Crippen LogP contribution in [0, 0.1) is 5.92 Å². The Morgan fingerprint density at radius 3 is 2.29 bits per heavy atom. The van der Waals surface area contributed by atoms with Crippen molar-refractivity contribution >= 4 is 29.3 Å². The third-order valence-electron chi connectivity index (χ3n) is 6.63. The van der Waals surface area contributed by atoms with Crippen LogP contribution < -0.4 is 5.32 Å². The molecule has 5 rings (SSSR count). The molecule has 0 atom stereocenters. The molecule has 1 aliphatic carbocycles. The Morgan fingerprint density at radius 1 is 1.03 bits per heavy atom. The van der Waals surface area contributed by atoms with E-state index in [1.807, 2.05) is 24.3 Å². The second-order valence-electron chi connectivity index (χ2n) is 8.71. The lowest BCUT2D eigenvalue weighted by Gasteiger charge is -2.29. The summed E-state index contributed by atoms with van der Waals surface area (Å²) >= 11 is 1.29. The number of carbonyl (C=O) groups is 3. The van der Waals surface area contributed by atoms with Crippen LogP contribution >= 0.6 is 11.3 Å². The van der Waals surface area contributed by atoms with Gasteiger partial charge in [-0.15, -0.1) is 11.3 Å². The first-order valence-corrected chi connectivity index (χ1v) is 12.4. The minimum atomic E-state index is -0.813. The maximum Gasteiger partial charge on any atom is 0.407 e. The maximum absolute atomic E-state index is 12.7. The molecule has 9 heteroatoms. The first-order valence-electron chi connectivity index (χ1n) is 11.6. The third-order valence-corrected chi connectivity index (χ3v) is 7.48. The van der Waals surface area contributed by atoms with Crippen molar-refractivity contribution in [2.24, 2.45) is 5.92 Å². The van der Waals surface area contributed by atoms with Gasteiger partial charge >= 0.3 is 12.1 Å². The molecule has 1 saturated heterocycles. The molecule has 2 aliphatic rings. The monoisotopic (exact) mass is 491 g/mol. The number of nitrogens with one attached hydrogen (secondary N) is 1. The lowest BCUT2D eigenvalue weighted by Crippen LogP contribution is -2.40. The summed E-state index contributed by atoms with van der Waals surface area (Å²) in [5, 5.41) is 14.1. The molecule has 35 heavy (non-hydrogen) atoms. The van der Waals surface area contributed by atoms with E-state index in [4.69, 9.17) is 9.84 Å². The van der Waals surface area contributed by atoms with Crippen LogP contribution in [0.5, 0.6) is 0 Å². The van der Waals surface area contributed by atoms with Gasteiger partial charge in [-0.1, -0.05) is 48.5 Å². The fourth-order valence-electron chi connectivity index (χ4n) is 4.78. The van der Waals surface area contributed by atoms with Crippen molar-refractivity contribution in [2.75, 3.05) is 19.7 Å². The molecule has 2 amide bonds. The summed E-state index contributed by atoms with van der Waals surface area (Å²) in [6.45, 7) is 1.20. The lowest BCUT2D eigenvalue weighted by atomic mass is 9.97. The molecule has 0 spiro atoms. The van der Waals surface area contributed by atoms with Crippen molar-refractivity contribution in [3.05, 3.63) is 75.7 Å². The summed E-state index contributed by atoms with van der Waals surface area (Å²) in [5.74, 6) is -1.43. The fraction of sp³-hybridized carbons (Fsp3) is 0.308. The van der Waals surface area contributed by atoms with E-state index in [1.54, 1.807) is 10.3 Å². The Kier molecular flexibility index (Phi) is 6.50. The summed E-state index contributed by atoms with van der Waals surface area (Å²) in [6, 6.07) is 16.3. The highest BCUT2D eigenvalue weighted by Crippen LogP contribution is 2.44. The van der Waals surface area contributed by atoms with Crippen LogP contribution in [0.4, 0.5) is 4.79 Å². The molecule has 180 valence electrons. The van der Waals surface area contributed by atoms with E-state index in [-0.39, 0.29) is 25.0 Å². The van der Waals surface area contributed by atoms with Gasteiger partial charge in [-0.2, -0.15) is 0 Å². The number of hydrogen-bond acceptors (Lipinski definition) is 6. The molecular formula is C26H25N3O5S. The quantitative estimate of drug-likeness (QED) is 0.537. The van der Waals surface area contributed by atoms with Crippen LogP contribution in [0.25, 0.3) is 11.1 Å². The third kappa shape index (κ3) is 4.77. The standard InChI is InChI=1S/C26H25N3O5S/c30-24(29-11-9-16(10-12-29)25(31)32)22-15-35-23(28-22)13-27-26(33)34-14-21-19-7-3-1-5-17(19)18-6-2-4-8-20(18)21/h1-8,15-16,21H,9-14H2,(H,27,33)(H,31,32). The number of benzene rings is 2. The van der Waals surface area contributed by atoms with Crippen LogP contribution in [0.2, 0.25) is 0 Å². The minimum absolute atomic E-state index is 0.0116. The van der Waals surface area contributed by atoms with E-state index >= 15 is 0 Å². The van der Waals surface area contributed by atoms with Crippen LogP contribution in [0.3, 0.4) is 0 Å².